The molecule has 0 aliphatic carbocycles. The van der Waals surface area contributed by atoms with Gasteiger partial charge in [-0.25, -0.2) is 24.9 Å². The van der Waals surface area contributed by atoms with Crippen molar-refractivity contribution in [2.24, 2.45) is 0 Å². The van der Waals surface area contributed by atoms with E-state index in [4.69, 9.17) is 9.97 Å². The molecule has 0 unspecified atom stereocenters. The molecule has 9 rings (SSSR count). The third kappa shape index (κ3) is 7.03. The molecule has 264 valence electrons. The van der Waals surface area contributed by atoms with Gasteiger partial charge in [0.25, 0.3) is 0 Å². The first-order valence-electron chi connectivity index (χ1n) is 17.9. The molecule has 12 nitrogen and oxygen atoms in total. The van der Waals surface area contributed by atoms with Gasteiger partial charge in [0.05, 0.1) is 51.9 Å². The SMILES string of the molecule is Cc1ccc(-n2c(-c3ccc(NC(C)C)nc3)nc3ccncc32)cc1.Cc1ccc(-n2c(-c3cnc(N4CCCC4)nc3)nc3ccncc32)cn1. The number of nitrogens with one attached hydrogen (secondary N) is 1. The zero-order valence-corrected chi connectivity index (χ0v) is 30.2. The van der Waals surface area contributed by atoms with Gasteiger partial charge in [-0.2, -0.15) is 0 Å². The second-order valence-electron chi connectivity index (χ2n) is 13.5. The first-order valence-corrected chi connectivity index (χ1v) is 17.9. The van der Waals surface area contributed by atoms with Gasteiger partial charge in [-0.05, 0) is 89.1 Å². The molecule has 8 heterocycles. The highest BCUT2D eigenvalue weighted by molar-refractivity contribution is 5.83. The maximum atomic E-state index is 4.83. The van der Waals surface area contributed by atoms with E-state index >= 15 is 0 Å². The van der Waals surface area contributed by atoms with Crippen molar-refractivity contribution in [2.75, 3.05) is 23.3 Å². The van der Waals surface area contributed by atoms with Crippen LogP contribution in [-0.2, 0) is 0 Å². The Kier molecular flexibility index (Phi) is 9.24. The van der Waals surface area contributed by atoms with E-state index in [2.05, 4.69) is 100 Å². The minimum Gasteiger partial charge on any atom is -0.368 e. The molecule has 0 amide bonds. The molecule has 1 N–H and O–H groups in total. The lowest BCUT2D eigenvalue weighted by Gasteiger charge is -2.15. The highest BCUT2D eigenvalue weighted by Gasteiger charge is 2.19. The fourth-order valence-electron chi connectivity index (χ4n) is 6.47. The van der Waals surface area contributed by atoms with Crippen LogP contribution in [0.15, 0.2) is 110 Å². The summed E-state index contributed by atoms with van der Waals surface area (Å²) in [5, 5.41) is 3.31. The van der Waals surface area contributed by atoms with E-state index in [0.717, 1.165) is 86.8 Å². The predicted molar refractivity (Wildman–Crippen MR) is 209 cm³/mol. The van der Waals surface area contributed by atoms with Crippen molar-refractivity contribution in [3.05, 3.63) is 121 Å². The van der Waals surface area contributed by atoms with Crippen molar-refractivity contribution < 1.29 is 0 Å². The lowest BCUT2D eigenvalue weighted by Crippen LogP contribution is -2.20. The van der Waals surface area contributed by atoms with E-state index in [9.17, 15) is 0 Å². The fourth-order valence-corrected chi connectivity index (χ4v) is 6.47. The lowest BCUT2D eigenvalue weighted by atomic mass is 10.2. The molecule has 1 fully saturated rings. The smallest absolute Gasteiger partial charge is 0.225 e. The van der Waals surface area contributed by atoms with E-state index in [-0.39, 0.29) is 0 Å². The van der Waals surface area contributed by atoms with Crippen molar-refractivity contribution in [3.63, 3.8) is 0 Å². The minimum absolute atomic E-state index is 0.344. The predicted octanol–water partition coefficient (Wildman–Crippen LogP) is 7.79. The van der Waals surface area contributed by atoms with Gasteiger partial charge in [0, 0.05) is 67.1 Å². The first-order chi connectivity index (χ1) is 25.9. The molecule has 1 saturated heterocycles. The zero-order chi connectivity index (χ0) is 36.3. The summed E-state index contributed by atoms with van der Waals surface area (Å²) in [4.78, 5) is 38.6. The number of fused-ring (bicyclic) bond motifs is 2. The number of hydrogen-bond acceptors (Lipinski definition) is 10. The van der Waals surface area contributed by atoms with Crippen molar-refractivity contribution >= 4 is 33.8 Å². The Bertz CT molecular complexity index is 2460. The number of anilines is 2. The summed E-state index contributed by atoms with van der Waals surface area (Å²) in [5.41, 5.74) is 9.75. The Hall–Kier alpha value is -6.56. The van der Waals surface area contributed by atoms with Crippen LogP contribution in [0.2, 0.25) is 0 Å². The second kappa shape index (κ2) is 14.6. The Morgan fingerprint density at radius 2 is 1.19 bits per heavy atom. The van der Waals surface area contributed by atoms with Crippen molar-refractivity contribution in [1.82, 2.24) is 49.0 Å². The number of pyridine rings is 4. The van der Waals surface area contributed by atoms with E-state index in [1.54, 1.807) is 12.4 Å². The number of benzene rings is 1. The van der Waals surface area contributed by atoms with E-state index in [1.165, 1.54) is 18.4 Å². The molecule has 0 bridgehead atoms. The topological polar surface area (TPSA) is 128 Å². The monoisotopic (exact) mass is 700 g/mol. The van der Waals surface area contributed by atoms with Crippen LogP contribution < -0.4 is 10.2 Å². The Morgan fingerprint density at radius 1 is 0.585 bits per heavy atom. The van der Waals surface area contributed by atoms with Crippen LogP contribution in [0, 0.1) is 13.8 Å². The van der Waals surface area contributed by atoms with E-state index < -0.39 is 0 Å². The minimum atomic E-state index is 0.344. The normalized spacial score (nSPS) is 12.7. The van der Waals surface area contributed by atoms with Crippen molar-refractivity contribution in [3.8, 4) is 34.2 Å². The highest BCUT2D eigenvalue weighted by atomic mass is 15.3. The van der Waals surface area contributed by atoms with Crippen LogP contribution >= 0.6 is 0 Å². The molecular formula is C41H40N12. The number of aryl methyl sites for hydroxylation is 2. The summed E-state index contributed by atoms with van der Waals surface area (Å²) >= 11 is 0. The highest BCUT2D eigenvalue weighted by Crippen LogP contribution is 2.30. The van der Waals surface area contributed by atoms with Crippen LogP contribution in [0.3, 0.4) is 0 Å². The number of hydrogen-bond donors (Lipinski definition) is 1. The summed E-state index contributed by atoms with van der Waals surface area (Å²) in [7, 11) is 0. The molecule has 8 aromatic rings. The number of aromatic nitrogens is 10. The van der Waals surface area contributed by atoms with Gasteiger partial charge < -0.3 is 10.2 Å². The summed E-state index contributed by atoms with van der Waals surface area (Å²) in [6.07, 6.45) is 17.0. The largest absolute Gasteiger partial charge is 0.368 e. The maximum Gasteiger partial charge on any atom is 0.225 e. The van der Waals surface area contributed by atoms with E-state index in [0.29, 0.717) is 6.04 Å². The molecule has 53 heavy (non-hydrogen) atoms. The third-order valence-electron chi connectivity index (χ3n) is 9.10. The molecule has 1 aromatic carbocycles. The quantitative estimate of drug-likeness (QED) is 0.176. The molecule has 0 saturated carbocycles. The van der Waals surface area contributed by atoms with Crippen molar-refractivity contribution in [2.45, 2.75) is 46.6 Å². The Morgan fingerprint density at radius 3 is 1.77 bits per heavy atom. The Balaban J connectivity index is 0.000000151. The molecule has 1 aliphatic rings. The molecular weight excluding hydrogens is 661 g/mol. The van der Waals surface area contributed by atoms with Gasteiger partial charge in [0.1, 0.15) is 17.5 Å². The summed E-state index contributed by atoms with van der Waals surface area (Å²) < 4.78 is 4.19. The fraction of sp³-hybridized carbons (Fsp3) is 0.220. The number of imidazole rings is 2. The standard InChI is InChI=1S/C21H21N5.C20H19N7/c1-14(2)24-20-9-6-16(12-23-20)21-25-18-10-11-22-13-19(18)26(21)17-7-4-15(3)5-8-17;1-14-4-5-16(12-22-14)27-18-13-21-7-6-17(18)25-19(27)15-10-23-20(24-11-15)26-8-2-3-9-26/h4-14H,1-3H3,(H,23,24);4-7,10-13H,2-3,8-9H2,1H3. The second-order valence-corrected chi connectivity index (χ2v) is 13.5. The summed E-state index contributed by atoms with van der Waals surface area (Å²) in [6.45, 7) is 10.3. The zero-order valence-electron chi connectivity index (χ0n) is 30.2. The molecule has 1 aliphatic heterocycles. The molecule has 0 spiro atoms. The molecule has 7 aromatic heterocycles. The van der Waals surface area contributed by atoms with Crippen LogP contribution in [0.5, 0.6) is 0 Å². The third-order valence-corrected chi connectivity index (χ3v) is 9.10. The van der Waals surface area contributed by atoms with Crippen LogP contribution in [0.4, 0.5) is 11.8 Å². The maximum absolute atomic E-state index is 4.83. The Labute approximate surface area is 307 Å². The van der Waals surface area contributed by atoms with Gasteiger partial charge in [-0.3, -0.25) is 24.1 Å². The molecule has 0 radical (unpaired) electrons. The number of rotatable bonds is 7. The van der Waals surface area contributed by atoms with Gasteiger partial charge in [0.2, 0.25) is 5.95 Å². The van der Waals surface area contributed by atoms with Gasteiger partial charge in [0.15, 0.2) is 0 Å². The van der Waals surface area contributed by atoms with Gasteiger partial charge >= 0.3 is 0 Å². The van der Waals surface area contributed by atoms with Crippen LogP contribution in [-0.4, -0.2) is 68.1 Å². The summed E-state index contributed by atoms with van der Waals surface area (Å²) in [5.74, 6) is 3.30. The lowest BCUT2D eigenvalue weighted by molar-refractivity contribution is 0.889. The summed E-state index contributed by atoms with van der Waals surface area (Å²) in [6, 6.07) is 20.7. The molecule has 12 heteroatoms. The van der Waals surface area contributed by atoms with Crippen LogP contribution in [0.25, 0.3) is 56.2 Å². The van der Waals surface area contributed by atoms with Crippen molar-refractivity contribution in [1.29, 1.82) is 0 Å². The first kappa shape index (κ1) is 33.6. The van der Waals surface area contributed by atoms with Gasteiger partial charge in [-0.1, -0.05) is 17.7 Å². The van der Waals surface area contributed by atoms with Gasteiger partial charge in [-0.15, -0.1) is 0 Å². The number of nitrogens with zero attached hydrogens (tertiary/aromatic N) is 11. The molecule has 0 atom stereocenters. The van der Waals surface area contributed by atoms with Crippen LogP contribution in [0.1, 0.15) is 37.9 Å². The average molecular weight is 701 g/mol. The van der Waals surface area contributed by atoms with E-state index in [1.807, 2.05) is 74.4 Å². The average Bonchev–Trinajstić information content (AvgIpc) is 3.95.